The van der Waals surface area contributed by atoms with E-state index < -0.39 is 24.2 Å². The molecule has 11 heteroatoms. The zero-order valence-electron chi connectivity index (χ0n) is 17.4. The summed E-state index contributed by atoms with van der Waals surface area (Å²) in [5.74, 6) is 0.197. The van der Waals surface area contributed by atoms with Crippen LogP contribution in [0.2, 0.25) is 0 Å². The summed E-state index contributed by atoms with van der Waals surface area (Å²) in [6.45, 7) is 1.77. The molecule has 1 amide bonds. The number of amides is 1. The molecule has 3 aromatic heterocycles. The number of benzene rings is 1. The number of hydrogen-bond donors (Lipinski definition) is 2. The number of aryl methyl sites for hydroxylation is 1. The van der Waals surface area contributed by atoms with Crippen LogP contribution in [0, 0.1) is 6.92 Å². The Balaban J connectivity index is 1.45. The molecule has 1 aliphatic heterocycles. The lowest BCUT2D eigenvalue weighted by Gasteiger charge is -2.32. The molecule has 33 heavy (non-hydrogen) atoms. The van der Waals surface area contributed by atoms with Gasteiger partial charge in [0, 0.05) is 18.6 Å². The fraction of sp³-hybridized carbons (Fsp3) is 0.227. The minimum atomic E-state index is -4.55. The maximum atomic E-state index is 13.8. The molecular formula is C22H19F3N6O2. The third kappa shape index (κ3) is 3.97. The number of carbonyl (C=O) groups excluding carboxylic acids is 1. The number of anilines is 2. The number of rotatable bonds is 4. The van der Waals surface area contributed by atoms with Gasteiger partial charge in [-0.15, -0.1) is 0 Å². The lowest BCUT2D eigenvalue weighted by molar-refractivity contribution is -0.174. The van der Waals surface area contributed by atoms with E-state index in [4.69, 9.17) is 4.42 Å². The first-order chi connectivity index (χ1) is 15.8. The maximum Gasteiger partial charge on any atom is 0.410 e. The predicted molar refractivity (Wildman–Crippen MR) is 113 cm³/mol. The minimum absolute atomic E-state index is 0.0860. The summed E-state index contributed by atoms with van der Waals surface area (Å²) in [5.41, 5.74) is 1.24. The van der Waals surface area contributed by atoms with Gasteiger partial charge in [-0.3, -0.25) is 4.79 Å². The average Bonchev–Trinajstić information content (AvgIpc) is 3.52. The first-order valence-electron chi connectivity index (χ1n) is 10.2. The normalized spacial score (nSPS) is 17.9. The number of furan rings is 1. The highest BCUT2D eigenvalue weighted by Gasteiger charge is 2.47. The Morgan fingerprint density at radius 1 is 1.15 bits per heavy atom. The molecule has 4 aromatic rings. The third-order valence-electron chi connectivity index (χ3n) is 5.38. The second-order valence-electron chi connectivity index (χ2n) is 7.74. The number of alkyl halides is 3. The van der Waals surface area contributed by atoms with Gasteiger partial charge in [-0.25, -0.2) is 9.36 Å². The Morgan fingerprint density at radius 3 is 2.64 bits per heavy atom. The van der Waals surface area contributed by atoms with Crippen molar-refractivity contribution in [2.75, 3.05) is 10.6 Å². The molecule has 1 aromatic carbocycles. The van der Waals surface area contributed by atoms with E-state index in [1.165, 1.54) is 12.3 Å². The quantitative estimate of drug-likeness (QED) is 0.457. The lowest BCUT2D eigenvalue weighted by atomic mass is 10.0. The van der Waals surface area contributed by atoms with Gasteiger partial charge in [-0.1, -0.05) is 18.2 Å². The van der Waals surface area contributed by atoms with E-state index >= 15 is 0 Å². The molecule has 0 saturated heterocycles. The number of fused-ring (bicyclic) bond motifs is 1. The van der Waals surface area contributed by atoms with Gasteiger partial charge in [-0.05, 0) is 31.2 Å². The molecular weight excluding hydrogens is 437 g/mol. The van der Waals surface area contributed by atoms with Gasteiger partial charge in [0.15, 0.2) is 11.7 Å². The first-order valence-corrected chi connectivity index (χ1v) is 10.2. The Hall–Kier alpha value is -4.02. The number of nitrogens with one attached hydrogen (secondary N) is 2. The van der Waals surface area contributed by atoms with Crippen LogP contribution in [0.5, 0.6) is 0 Å². The molecule has 170 valence electrons. The van der Waals surface area contributed by atoms with Gasteiger partial charge < -0.3 is 15.1 Å². The van der Waals surface area contributed by atoms with Crippen LogP contribution >= 0.6 is 0 Å². The van der Waals surface area contributed by atoms with Gasteiger partial charge in [0.1, 0.15) is 17.4 Å². The van der Waals surface area contributed by atoms with Crippen molar-refractivity contribution in [3.63, 3.8) is 0 Å². The van der Waals surface area contributed by atoms with Crippen LogP contribution < -0.4 is 10.6 Å². The van der Waals surface area contributed by atoms with E-state index in [1.807, 2.05) is 30.3 Å². The lowest BCUT2D eigenvalue weighted by Crippen LogP contribution is -2.35. The number of nitrogens with zero attached hydrogens (tertiary/aromatic N) is 4. The highest BCUT2D eigenvalue weighted by Crippen LogP contribution is 2.43. The summed E-state index contributed by atoms with van der Waals surface area (Å²) in [6, 6.07) is 12.8. The zero-order valence-corrected chi connectivity index (χ0v) is 17.4. The molecule has 1 aliphatic rings. The topological polar surface area (TPSA) is 89.9 Å². The maximum absolute atomic E-state index is 13.8. The number of para-hydroxylation sites is 1. The molecule has 2 N–H and O–H groups in total. The zero-order chi connectivity index (χ0) is 23.2. The molecule has 0 spiro atoms. The van der Waals surface area contributed by atoms with Crippen molar-refractivity contribution in [2.45, 2.75) is 31.6 Å². The van der Waals surface area contributed by atoms with Gasteiger partial charge in [-0.2, -0.15) is 23.4 Å². The fourth-order valence-corrected chi connectivity index (χ4v) is 3.90. The van der Waals surface area contributed by atoms with Crippen molar-refractivity contribution < 1.29 is 22.4 Å². The summed E-state index contributed by atoms with van der Waals surface area (Å²) < 4.78 is 49.1. The van der Waals surface area contributed by atoms with E-state index in [0.717, 1.165) is 10.4 Å². The van der Waals surface area contributed by atoms with Crippen LogP contribution in [-0.2, 0) is 0 Å². The van der Waals surface area contributed by atoms with Crippen molar-refractivity contribution in [1.82, 2.24) is 19.6 Å². The Labute approximate surface area is 186 Å². The summed E-state index contributed by atoms with van der Waals surface area (Å²) in [5, 5.41) is 14.1. The summed E-state index contributed by atoms with van der Waals surface area (Å²) in [4.78, 5) is 12.9. The monoisotopic (exact) mass is 456 g/mol. The summed E-state index contributed by atoms with van der Waals surface area (Å²) in [6.07, 6.45) is -3.46. The Bertz CT molecular complexity index is 1280. The second kappa shape index (κ2) is 7.84. The molecule has 4 heterocycles. The van der Waals surface area contributed by atoms with E-state index in [9.17, 15) is 18.0 Å². The van der Waals surface area contributed by atoms with E-state index in [-0.39, 0.29) is 17.9 Å². The molecule has 5 rings (SSSR count). The fourth-order valence-electron chi connectivity index (χ4n) is 3.90. The molecule has 0 bridgehead atoms. The molecule has 8 nitrogen and oxygen atoms in total. The van der Waals surface area contributed by atoms with Gasteiger partial charge in [0.05, 0.1) is 23.7 Å². The van der Waals surface area contributed by atoms with Crippen molar-refractivity contribution in [1.29, 1.82) is 0 Å². The van der Waals surface area contributed by atoms with Gasteiger partial charge >= 0.3 is 6.18 Å². The van der Waals surface area contributed by atoms with Gasteiger partial charge in [0.25, 0.3) is 5.91 Å². The number of hydrogen-bond acceptors (Lipinski definition) is 5. The van der Waals surface area contributed by atoms with Crippen LogP contribution in [0.4, 0.5) is 24.8 Å². The van der Waals surface area contributed by atoms with E-state index in [0.29, 0.717) is 17.3 Å². The van der Waals surface area contributed by atoms with E-state index in [1.54, 1.807) is 29.8 Å². The van der Waals surface area contributed by atoms with Crippen molar-refractivity contribution in [3.05, 3.63) is 78.0 Å². The smallest absolute Gasteiger partial charge is 0.410 e. The van der Waals surface area contributed by atoms with Crippen molar-refractivity contribution >= 4 is 17.5 Å². The molecule has 0 unspecified atom stereocenters. The highest BCUT2D eigenvalue weighted by molar-refractivity contribution is 6.03. The highest BCUT2D eigenvalue weighted by atomic mass is 19.4. The third-order valence-corrected chi connectivity index (χ3v) is 5.38. The van der Waals surface area contributed by atoms with Gasteiger partial charge in [0.2, 0.25) is 0 Å². The first kappa shape index (κ1) is 20.9. The largest absolute Gasteiger partial charge is 0.467 e. The number of aromatic nitrogens is 4. The van der Waals surface area contributed by atoms with E-state index in [2.05, 4.69) is 20.8 Å². The standard InChI is InChI=1S/C22H19F3N6O2/c1-13-10-19(30(28-13)14-6-3-2-4-7-14)27-21(32)16-12-20-26-15(17-8-5-9-33-17)11-18(22(23,24)25)31(20)29-16/h2-10,12,15,18,26H,11H2,1H3,(H,27,32)/t15-,18+/m0/s1. The molecule has 2 atom stereocenters. The minimum Gasteiger partial charge on any atom is -0.467 e. The average molecular weight is 456 g/mol. The summed E-state index contributed by atoms with van der Waals surface area (Å²) in [7, 11) is 0. The van der Waals surface area contributed by atoms with Crippen LogP contribution in [0.1, 0.15) is 40.4 Å². The van der Waals surface area contributed by atoms with Crippen molar-refractivity contribution in [2.24, 2.45) is 0 Å². The Kier molecular flexibility index (Phi) is 4.95. The molecule has 0 fully saturated rings. The van der Waals surface area contributed by atoms with Crippen LogP contribution in [-0.4, -0.2) is 31.6 Å². The Morgan fingerprint density at radius 2 is 1.94 bits per heavy atom. The second-order valence-corrected chi connectivity index (χ2v) is 7.74. The molecule has 0 aliphatic carbocycles. The predicted octanol–water partition coefficient (Wildman–Crippen LogP) is 4.88. The van der Waals surface area contributed by atoms with Crippen LogP contribution in [0.3, 0.4) is 0 Å². The number of halogens is 3. The number of carbonyl (C=O) groups is 1. The molecule has 0 saturated carbocycles. The SMILES string of the molecule is Cc1cc(NC(=O)c2cc3n(n2)[C@@H](C(F)(F)F)C[C@@H](c2ccco2)N3)n(-c2ccccc2)n1. The van der Waals surface area contributed by atoms with Crippen molar-refractivity contribution in [3.8, 4) is 5.69 Å². The van der Waals surface area contributed by atoms with Crippen LogP contribution in [0.15, 0.2) is 65.3 Å². The van der Waals surface area contributed by atoms with Crippen LogP contribution in [0.25, 0.3) is 5.69 Å². The summed E-state index contributed by atoms with van der Waals surface area (Å²) >= 11 is 0. The molecule has 0 radical (unpaired) electrons.